The first-order chi connectivity index (χ1) is 10.3. The molecule has 0 saturated heterocycles. The number of aryl methyl sites for hydroxylation is 2. The van der Waals surface area contributed by atoms with E-state index in [1.165, 1.54) is 22.1 Å². The minimum atomic E-state index is -1.09. The molecule has 0 aliphatic heterocycles. The molecular formula is C16H18N2O3S. The number of carboxylic acid groups (broad SMARTS) is 1. The Morgan fingerprint density at radius 1 is 1.23 bits per heavy atom. The molecule has 0 spiro atoms. The van der Waals surface area contributed by atoms with Gasteiger partial charge in [-0.2, -0.15) is 0 Å². The van der Waals surface area contributed by atoms with Gasteiger partial charge in [0.1, 0.15) is 0 Å². The summed E-state index contributed by atoms with van der Waals surface area (Å²) in [6.45, 7) is 7.58. The van der Waals surface area contributed by atoms with Crippen LogP contribution in [0.25, 0.3) is 0 Å². The Bertz CT molecular complexity index is 737. The van der Waals surface area contributed by atoms with Gasteiger partial charge in [-0.15, -0.1) is 11.3 Å². The lowest BCUT2D eigenvalue weighted by molar-refractivity contribution is 0.0695. The molecule has 1 atom stereocenters. The number of amides is 1. The van der Waals surface area contributed by atoms with Crippen molar-refractivity contribution in [2.45, 2.75) is 33.7 Å². The molecule has 2 heterocycles. The van der Waals surface area contributed by atoms with Crippen LogP contribution in [0.5, 0.6) is 0 Å². The van der Waals surface area contributed by atoms with Gasteiger partial charge in [-0.3, -0.25) is 9.78 Å². The van der Waals surface area contributed by atoms with Gasteiger partial charge < -0.3 is 10.4 Å². The van der Waals surface area contributed by atoms with E-state index >= 15 is 0 Å². The fraction of sp³-hybridized carbons (Fsp3) is 0.312. The second kappa shape index (κ2) is 6.27. The average Bonchev–Trinajstić information content (AvgIpc) is 2.77. The molecule has 22 heavy (non-hydrogen) atoms. The minimum absolute atomic E-state index is 0.0443. The Hall–Kier alpha value is -2.21. The van der Waals surface area contributed by atoms with Gasteiger partial charge >= 0.3 is 5.97 Å². The summed E-state index contributed by atoms with van der Waals surface area (Å²) in [4.78, 5) is 29.7. The number of pyridine rings is 1. The zero-order valence-corrected chi connectivity index (χ0v) is 13.7. The van der Waals surface area contributed by atoms with E-state index in [-0.39, 0.29) is 23.1 Å². The van der Waals surface area contributed by atoms with Gasteiger partial charge in [0, 0.05) is 22.1 Å². The second-order valence-electron chi connectivity index (χ2n) is 5.23. The SMILES string of the molecule is Cc1cc(C(C)NC(=O)c2cncc(C(=O)O)c2C)c(C)s1. The predicted molar refractivity (Wildman–Crippen MR) is 85.6 cm³/mol. The quantitative estimate of drug-likeness (QED) is 0.907. The molecule has 1 amide bonds. The van der Waals surface area contributed by atoms with Crippen LogP contribution in [-0.4, -0.2) is 22.0 Å². The molecule has 0 aliphatic rings. The molecule has 2 N–H and O–H groups in total. The molecule has 2 rings (SSSR count). The lowest BCUT2D eigenvalue weighted by Crippen LogP contribution is -2.28. The van der Waals surface area contributed by atoms with Crippen LogP contribution in [0, 0.1) is 20.8 Å². The first-order valence-electron chi connectivity index (χ1n) is 6.87. The molecule has 0 radical (unpaired) electrons. The molecule has 0 aromatic carbocycles. The standard InChI is InChI=1S/C16H18N2O3S/c1-8-5-12(11(4)22-8)10(3)18-15(19)13-6-17-7-14(9(13)2)16(20)21/h5-7,10H,1-4H3,(H,18,19)(H,20,21). The summed E-state index contributed by atoms with van der Waals surface area (Å²) in [6, 6.07) is 1.91. The molecule has 1 unspecified atom stereocenters. The van der Waals surface area contributed by atoms with Crippen LogP contribution in [0.1, 0.15) is 54.6 Å². The third-order valence-electron chi connectivity index (χ3n) is 3.58. The van der Waals surface area contributed by atoms with E-state index in [9.17, 15) is 9.59 Å². The number of aromatic carboxylic acids is 1. The topological polar surface area (TPSA) is 79.3 Å². The summed E-state index contributed by atoms with van der Waals surface area (Å²) in [5, 5.41) is 12.0. The van der Waals surface area contributed by atoms with Gasteiger partial charge in [-0.1, -0.05) is 0 Å². The largest absolute Gasteiger partial charge is 0.478 e. The van der Waals surface area contributed by atoms with Crippen molar-refractivity contribution in [3.63, 3.8) is 0 Å². The lowest BCUT2D eigenvalue weighted by atomic mass is 10.0. The Balaban J connectivity index is 2.24. The number of thiophene rings is 1. The van der Waals surface area contributed by atoms with Crippen LogP contribution in [0.3, 0.4) is 0 Å². The highest BCUT2D eigenvalue weighted by Crippen LogP contribution is 2.26. The highest BCUT2D eigenvalue weighted by Gasteiger charge is 2.19. The van der Waals surface area contributed by atoms with Crippen molar-refractivity contribution in [3.05, 3.63) is 50.5 Å². The Kier molecular flexibility index (Phi) is 4.61. The molecule has 0 saturated carbocycles. The molecule has 0 aliphatic carbocycles. The van der Waals surface area contributed by atoms with E-state index in [0.29, 0.717) is 5.56 Å². The fourth-order valence-electron chi connectivity index (χ4n) is 2.40. The first kappa shape index (κ1) is 16.2. The summed E-state index contributed by atoms with van der Waals surface area (Å²) in [5.41, 5.74) is 1.83. The molecule has 0 fully saturated rings. The van der Waals surface area contributed by atoms with Crippen molar-refractivity contribution in [1.29, 1.82) is 0 Å². The number of nitrogens with zero attached hydrogens (tertiary/aromatic N) is 1. The van der Waals surface area contributed by atoms with Gasteiger partial charge in [-0.05, 0) is 44.9 Å². The van der Waals surface area contributed by atoms with Gasteiger partial charge in [-0.25, -0.2) is 4.79 Å². The number of carboxylic acids is 1. The Labute approximate surface area is 133 Å². The van der Waals surface area contributed by atoms with E-state index in [2.05, 4.69) is 16.4 Å². The average molecular weight is 318 g/mol. The summed E-state index contributed by atoms with van der Waals surface area (Å²) in [6.07, 6.45) is 2.65. The van der Waals surface area contributed by atoms with E-state index in [4.69, 9.17) is 5.11 Å². The monoisotopic (exact) mass is 318 g/mol. The van der Waals surface area contributed by atoms with Crippen molar-refractivity contribution in [2.24, 2.45) is 0 Å². The highest BCUT2D eigenvalue weighted by atomic mass is 32.1. The number of carbonyl (C=O) groups is 2. The van der Waals surface area contributed by atoms with Crippen molar-refractivity contribution < 1.29 is 14.7 Å². The third kappa shape index (κ3) is 3.17. The minimum Gasteiger partial charge on any atom is -0.478 e. The molecule has 5 nitrogen and oxygen atoms in total. The zero-order chi connectivity index (χ0) is 16.4. The van der Waals surface area contributed by atoms with E-state index in [1.807, 2.05) is 20.8 Å². The van der Waals surface area contributed by atoms with Crippen molar-refractivity contribution in [3.8, 4) is 0 Å². The van der Waals surface area contributed by atoms with Gasteiger partial charge in [0.2, 0.25) is 0 Å². The van der Waals surface area contributed by atoms with Crippen LogP contribution in [0.15, 0.2) is 18.5 Å². The van der Waals surface area contributed by atoms with E-state index in [0.717, 1.165) is 5.56 Å². The Morgan fingerprint density at radius 2 is 1.86 bits per heavy atom. The summed E-state index contributed by atoms with van der Waals surface area (Å²) in [5.74, 6) is -1.40. The first-order valence-corrected chi connectivity index (χ1v) is 7.68. The maximum Gasteiger partial charge on any atom is 0.337 e. The van der Waals surface area contributed by atoms with Crippen LogP contribution < -0.4 is 5.32 Å². The normalized spacial score (nSPS) is 12.0. The lowest BCUT2D eigenvalue weighted by Gasteiger charge is -2.15. The van der Waals surface area contributed by atoms with Gasteiger partial charge in [0.25, 0.3) is 5.91 Å². The number of aromatic nitrogens is 1. The highest BCUT2D eigenvalue weighted by molar-refractivity contribution is 7.12. The van der Waals surface area contributed by atoms with Crippen LogP contribution in [0.2, 0.25) is 0 Å². The van der Waals surface area contributed by atoms with E-state index < -0.39 is 5.97 Å². The van der Waals surface area contributed by atoms with Crippen molar-refractivity contribution in [2.75, 3.05) is 0 Å². The van der Waals surface area contributed by atoms with Crippen LogP contribution >= 0.6 is 11.3 Å². The smallest absolute Gasteiger partial charge is 0.337 e. The molecule has 6 heteroatoms. The second-order valence-corrected chi connectivity index (χ2v) is 6.69. The Morgan fingerprint density at radius 3 is 2.41 bits per heavy atom. The van der Waals surface area contributed by atoms with Gasteiger partial charge in [0.15, 0.2) is 0 Å². The molecular weight excluding hydrogens is 300 g/mol. The van der Waals surface area contributed by atoms with Crippen LogP contribution in [-0.2, 0) is 0 Å². The number of hydrogen-bond acceptors (Lipinski definition) is 4. The summed E-state index contributed by atoms with van der Waals surface area (Å²) >= 11 is 1.69. The number of nitrogens with one attached hydrogen (secondary N) is 1. The maximum absolute atomic E-state index is 12.4. The van der Waals surface area contributed by atoms with Gasteiger partial charge in [0.05, 0.1) is 17.2 Å². The molecule has 2 aromatic heterocycles. The summed E-state index contributed by atoms with van der Waals surface area (Å²) < 4.78 is 0. The molecule has 2 aromatic rings. The molecule has 116 valence electrons. The van der Waals surface area contributed by atoms with Crippen LogP contribution in [0.4, 0.5) is 0 Å². The van der Waals surface area contributed by atoms with Crippen molar-refractivity contribution >= 4 is 23.2 Å². The summed E-state index contributed by atoms with van der Waals surface area (Å²) in [7, 11) is 0. The molecule has 0 bridgehead atoms. The number of carbonyl (C=O) groups excluding carboxylic acids is 1. The van der Waals surface area contributed by atoms with E-state index in [1.54, 1.807) is 18.3 Å². The zero-order valence-electron chi connectivity index (χ0n) is 12.9. The third-order valence-corrected chi connectivity index (χ3v) is 4.57. The predicted octanol–water partition coefficient (Wildman–Crippen LogP) is 3.26. The number of rotatable bonds is 4. The number of hydrogen-bond donors (Lipinski definition) is 2. The van der Waals surface area contributed by atoms with Crippen molar-refractivity contribution in [1.82, 2.24) is 10.3 Å². The fourth-order valence-corrected chi connectivity index (χ4v) is 3.42. The maximum atomic E-state index is 12.4.